The zero-order valence-electron chi connectivity index (χ0n) is 13.2. The van der Waals surface area contributed by atoms with Crippen molar-refractivity contribution in [2.45, 2.75) is 57.4 Å². The van der Waals surface area contributed by atoms with Crippen molar-refractivity contribution in [3.8, 4) is 0 Å². The van der Waals surface area contributed by atoms with Crippen LogP contribution in [0.5, 0.6) is 0 Å². The molecule has 2 aliphatic rings. The number of ether oxygens (including phenoxy) is 2. The number of rotatable bonds is 4. The summed E-state index contributed by atoms with van der Waals surface area (Å²) >= 11 is 0. The summed E-state index contributed by atoms with van der Waals surface area (Å²) in [6, 6.07) is 11.6. The molecule has 1 aliphatic carbocycles. The van der Waals surface area contributed by atoms with Crippen LogP contribution >= 0.6 is 0 Å². The molecular weight excluding hydrogens is 262 g/mol. The van der Waals surface area contributed by atoms with Gasteiger partial charge in [-0.15, -0.1) is 0 Å². The van der Waals surface area contributed by atoms with Gasteiger partial charge in [-0.05, 0) is 38.2 Å². The van der Waals surface area contributed by atoms with E-state index in [1.54, 1.807) is 0 Å². The molecule has 3 heteroatoms. The van der Waals surface area contributed by atoms with E-state index >= 15 is 0 Å². The molecule has 1 aromatic carbocycles. The minimum Gasteiger partial charge on any atom is -0.348 e. The van der Waals surface area contributed by atoms with Crippen LogP contribution < -0.4 is 5.32 Å². The Morgan fingerprint density at radius 1 is 1.05 bits per heavy atom. The average molecular weight is 289 g/mol. The molecule has 1 aliphatic heterocycles. The van der Waals surface area contributed by atoms with Crippen molar-refractivity contribution in [3.63, 3.8) is 0 Å². The van der Waals surface area contributed by atoms with E-state index in [0.717, 1.165) is 32.0 Å². The van der Waals surface area contributed by atoms with E-state index in [0.29, 0.717) is 12.1 Å². The highest BCUT2D eigenvalue weighted by molar-refractivity contribution is 5.18. The topological polar surface area (TPSA) is 30.5 Å². The smallest absolute Gasteiger partial charge is 0.168 e. The van der Waals surface area contributed by atoms with Gasteiger partial charge in [-0.1, -0.05) is 30.3 Å². The third kappa shape index (κ3) is 3.47. The Morgan fingerprint density at radius 2 is 1.67 bits per heavy atom. The summed E-state index contributed by atoms with van der Waals surface area (Å²) in [4.78, 5) is 0. The third-order valence-corrected chi connectivity index (χ3v) is 5.13. The Bertz CT molecular complexity index is 432. The molecule has 1 aromatic rings. The third-order valence-electron chi connectivity index (χ3n) is 5.13. The van der Waals surface area contributed by atoms with E-state index in [2.05, 4.69) is 49.5 Å². The standard InChI is InChI=1S/C18H27NO2/c1-14(16-6-4-3-5-7-16)19-15(2)17-8-10-18(11-9-17)20-12-13-21-18/h3-7,14-15,17,19H,8-13H2,1-2H3/t14-,15?/m1/s1. The van der Waals surface area contributed by atoms with Gasteiger partial charge in [0.05, 0.1) is 13.2 Å². The van der Waals surface area contributed by atoms with Gasteiger partial charge in [-0.2, -0.15) is 0 Å². The van der Waals surface area contributed by atoms with Crippen LogP contribution in [0.1, 0.15) is 51.1 Å². The lowest BCUT2D eigenvalue weighted by Gasteiger charge is -2.38. The predicted octanol–water partition coefficient (Wildman–Crippen LogP) is 3.66. The minimum absolute atomic E-state index is 0.235. The molecule has 3 rings (SSSR count). The van der Waals surface area contributed by atoms with Crippen LogP contribution in [0.4, 0.5) is 0 Å². The lowest BCUT2D eigenvalue weighted by atomic mass is 9.81. The zero-order chi connectivity index (χ0) is 14.7. The Kier molecular flexibility index (Phi) is 4.63. The molecule has 1 heterocycles. The maximum atomic E-state index is 5.82. The van der Waals surface area contributed by atoms with Crippen molar-refractivity contribution >= 4 is 0 Å². The van der Waals surface area contributed by atoms with Gasteiger partial charge >= 0.3 is 0 Å². The first-order valence-corrected chi connectivity index (χ1v) is 8.27. The monoisotopic (exact) mass is 289 g/mol. The predicted molar refractivity (Wildman–Crippen MR) is 84.0 cm³/mol. The second-order valence-electron chi connectivity index (χ2n) is 6.53. The second kappa shape index (κ2) is 6.47. The average Bonchev–Trinajstić information content (AvgIpc) is 2.97. The van der Waals surface area contributed by atoms with Gasteiger partial charge in [0.25, 0.3) is 0 Å². The SMILES string of the molecule is CC(N[C@H](C)c1ccccc1)C1CCC2(CC1)OCCO2. The Labute approximate surface area is 128 Å². The molecule has 1 saturated carbocycles. The fraction of sp³-hybridized carbons (Fsp3) is 0.667. The van der Waals surface area contributed by atoms with E-state index in [-0.39, 0.29) is 5.79 Å². The van der Waals surface area contributed by atoms with Crippen LogP contribution in [0.15, 0.2) is 30.3 Å². The minimum atomic E-state index is -0.235. The summed E-state index contributed by atoms with van der Waals surface area (Å²) in [5.74, 6) is 0.482. The highest BCUT2D eigenvalue weighted by Crippen LogP contribution is 2.39. The normalized spacial score (nSPS) is 25.0. The van der Waals surface area contributed by atoms with Crippen molar-refractivity contribution in [2.24, 2.45) is 5.92 Å². The molecule has 0 radical (unpaired) electrons. The molecule has 21 heavy (non-hydrogen) atoms. The summed E-state index contributed by atoms with van der Waals surface area (Å²) in [6.07, 6.45) is 4.47. The molecule has 1 unspecified atom stereocenters. The first-order valence-electron chi connectivity index (χ1n) is 8.27. The lowest BCUT2D eigenvalue weighted by molar-refractivity contribution is -0.183. The highest BCUT2D eigenvalue weighted by atomic mass is 16.7. The zero-order valence-corrected chi connectivity index (χ0v) is 13.2. The van der Waals surface area contributed by atoms with Crippen LogP contribution in [0.25, 0.3) is 0 Å². The molecule has 2 atom stereocenters. The number of benzene rings is 1. The Morgan fingerprint density at radius 3 is 2.29 bits per heavy atom. The van der Waals surface area contributed by atoms with Crippen molar-refractivity contribution < 1.29 is 9.47 Å². The summed E-state index contributed by atoms with van der Waals surface area (Å²) in [6.45, 7) is 6.10. The maximum Gasteiger partial charge on any atom is 0.168 e. The highest BCUT2D eigenvalue weighted by Gasteiger charge is 2.41. The van der Waals surface area contributed by atoms with Gasteiger partial charge in [-0.3, -0.25) is 0 Å². The van der Waals surface area contributed by atoms with Crippen LogP contribution in [-0.2, 0) is 9.47 Å². The molecule has 1 saturated heterocycles. The lowest BCUT2D eigenvalue weighted by Crippen LogP contribution is -2.42. The maximum absolute atomic E-state index is 5.82. The van der Waals surface area contributed by atoms with Gasteiger partial charge in [0.2, 0.25) is 0 Å². The summed E-state index contributed by atoms with van der Waals surface area (Å²) in [5, 5.41) is 3.76. The van der Waals surface area contributed by atoms with E-state index in [9.17, 15) is 0 Å². The Balaban J connectivity index is 1.51. The molecule has 2 fully saturated rings. The van der Waals surface area contributed by atoms with E-state index in [1.165, 1.54) is 18.4 Å². The number of hydrogen-bond donors (Lipinski definition) is 1. The summed E-state index contributed by atoms with van der Waals surface area (Å²) in [5.41, 5.74) is 1.36. The van der Waals surface area contributed by atoms with Gasteiger partial charge in [0.15, 0.2) is 5.79 Å². The number of nitrogens with one attached hydrogen (secondary N) is 1. The molecule has 3 nitrogen and oxygen atoms in total. The fourth-order valence-corrected chi connectivity index (χ4v) is 3.73. The first kappa shape index (κ1) is 15.0. The van der Waals surface area contributed by atoms with Crippen LogP contribution in [0.2, 0.25) is 0 Å². The van der Waals surface area contributed by atoms with Gasteiger partial charge in [0.1, 0.15) is 0 Å². The van der Waals surface area contributed by atoms with E-state index in [1.807, 2.05) is 0 Å². The van der Waals surface area contributed by atoms with E-state index < -0.39 is 0 Å². The van der Waals surface area contributed by atoms with E-state index in [4.69, 9.17) is 9.47 Å². The van der Waals surface area contributed by atoms with Crippen LogP contribution in [0.3, 0.4) is 0 Å². The first-order chi connectivity index (χ1) is 10.2. The molecule has 116 valence electrons. The number of hydrogen-bond acceptors (Lipinski definition) is 3. The van der Waals surface area contributed by atoms with Crippen molar-refractivity contribution in [1.82, 2.24) is 5.32 Å². The van der Waals surface area contributed by atoms with Gasteiger partial charge in [-0.25, -0.2) is 0 Å². The van der Waals surface area contributed by atoms with Crippen LogP contribution in [0, 0.1) is 5.92 Å². The van der Waals surface area contributed by atoms with Crippen LogP contribution in [-0.4, -0.2) is 25.0 Å². The molecular formula is C18H27NO2. The molecule has 1 N–H and O–H groups in total. The van der Waals surface area contributed by atoms with Crippen molar-refractivity contribution in [3.05, 3.63) is 35.9 Å². The molecule has 0 aromatic heterocycles. The quantitative estimate of drug-likeness (QED) is 0.917. The van der Waals surface area contributed by atoms with Gasteiger partial charge in [0, 0.05) is 24.9 Å². The fourth-order valence-electron chi connectivity index (χ4n) is 3.73. The van der Waals surface area contributed by atoms with Crippen molar-refractivity contribution in [1.29, 1.82) is 0 Å². The van der Waals surface area contributed by atoms with Gasteiger partial charge < -0.3 is 14.8 Å². The summed E-state index contributed by atoms with van der Waals surface area (Å²) < 4.78 is 11.6. The van der Waals surface area contributed by atoms with Crippen molar-refractivity contribution in [2.75, 3.05) is 13.2 Å². The summed E-state index contributed by atoms with van der Waals surface area (Å²) in [7, 11) is 0. The second-order valence-corrected chi connectivity index (χ2v) is 6.53. The molecule has 1 spiro atoms. The molecule has 0 amide bonds. The largest absolute Gasteiger partial charge is 0.348 e. The Hall–Kier alpha value is -0.900. The molecule has 0 bridgehead atoms.